The van der Waals surface area contributed by atoms with Gasteiger partial charge < -0.3 is 20.7 Å². The molecule has 1 unspecified atom stereocenters. The highest BCUT2D eigenvalue weighted by Gasteiger charge is 2.48. The fraction of sp³-hybridized carbons (Fsp3) is 0.259. The van der Waals surface area contributed by atoms with Crippen LogP contribution in [0.5, 0.6) is 5.75 Å². The first-order chi connectivity index (χ1) is 16.9. The molecule has 5 rings (SSSR count). The van der Waals surface area contributed by atoms with E-state index in [1.165, 1.54) is 0 Å². The first-order valence-electron chi connectivity index (χ1n) is 11.5. The van der Waals surface area contributed by atoms with E-state index in [0.29, 0.717) is 32.7 Å². The van der Waals surface area contributed by atoms with Gasteiger partial charge >= 0.3 is 0 Å². The lowest BCUT2D eigenvalue weighted by Gasteiger charge is -2.32. The Kier molecular flexibility index (Phi) is 6.34. The van der Waals surface area contributed by atoms with Crippen LogP contribution in [0.4, 0.5) is 11.4 Å². The van der Waals surface area contributed by atoms with Gasteiger partial charge in [-0.25, -0.2) is 0 Å². The van der Waals surface area contributed by atoms with Gasteiger partial charge in [-0.2, -0.15) is 0 Å². The molecule has 3 N–H and O–H groups in total. The van der Waals surface area contributed by atoms with E-state index < -0.39 is 5.54 Å². The number of carbonyl (C=O) groups excluding carboxylic acids is 2. The van der Waals surface area contributed by atoms with Gasteiger partial charge in [0.1, 0.15) is 11.3 Å². The molecular weight excluding hydrogens is 485 g/mol. The number of para-hydroxylation sites is 1. The summed E-state index contributed by atoms with van der Waals surface area (Å²) in [4.78, 5) is 26.9. The average molecular weight is 510 g/mol. The molecular formula is C27H25Cl2N3O3. The van der Waals surface area contributed by atoms with Crippen LogP contribution >= 0.6 is 23.2 Å². The van der Waals surface area contributed by atoms with Crippen LogP contribution in [0, 0.1) is 0 Å². The molecule has 0 bridgehead atoms. The van der Waals surface area contributed by atoms with Crippen molar-refractivity contribution in [2.24, 2.45) is 0 Å². The highest BCUT2D eigenvalue weighted by atomic mass is 35.5. The predicted octanol–water partition coefficient (Wildman–Crippen LogP) is 5.79. The van der Waals surface area contributed by atoms with E-state index in [9.17, 15) is 9.59 Å². The number of nitrogens with one attached hydrogen (secondary N) is 3. The first kappa shape index (κ1) is 23.5. The Bertz CT molecular complexity index is 1310. The van der Waals surface area contributed by atoms with Crippen molar-refractivity contribution in [3.63, 3.8) is 0 Å². The van der Waals surface area contributed by atoms with Gasteiger partial charge in [-0.3, -0.25) is 9.59 Å². The second-order valence-corrected chi connectivity index (χ2v) is 9.84. The lowest BCUT2D eigenvalue weighted by atomic mass is 9.84. The second-order valence-electron chi connectivity index (χ2n) is 8.97. The SMILES string of the molecule is COc1cccc(C(=O)NC2CCC2)c1NC1(Cc2cccc(Cl)c2)C(=O)Nc2cc(Cl)ccc21. The maximum Gasteiger partial charge on any atom is 0.255 e. The van der Waals surface area contributed by atoms with Gasteiger partial charge in [-0.15, -0.1) is 0 Å². The summed E-state index contributed by atoms with van der Waals surface area (Å²) >= 11 is 12.5. The Labute approximate surface area is 214 Å². The third kappa shape index (κ3) is 4.44. The Balaban J connectivity index is 1.63. The van der Waals surface area contributed by atoms with Crippen molar-refractivity contribution in [1.29, 1.82) is 0 Å². The molecule has 1 atom stereocenters. The molecule has 3 aromatic rings. The van der Waals surface area contributed by atoms with Crippen molar-refractivity contribution in [3.8, 4) is 5.75 Å². The number of rotatable bonds is 7. The number of carbonyl (C=O) groups is 2. The normalized spacial score (nSPS) is 18.9. The van der Waals surface area contributed by atoms with E-state index in [4.69, 9.17) is 27.9 Å². The molecule has 35 heavy (non-hydrogen) atoms. The van der Waals surface area contributed by atoms with Crippen LogP contribution in [-0.2, 0) is 16.8 Å². The molecule has 1 aliphatic heterocycles. The van der Waals surface area contributed by atoms with E-state index in [-0.39, 0.29) is 24.3 Å². The second kappa shape index (κ2) is 9.44. The molecule has 1 aliphatic carbocycles. The third-order valence-corrected chi connectivity index (χ3v) is 7.18. The van der Waals surface area contributed by atoms with Gasteiger partial charge in [0.15, 0.2) is 0 Å². The zero-order valence-corrected chi connectivity index (χ0v) is 20.7. The number of hydrogen-bond donors (Lipinski definition) is 3. The first-order valence-corrected chi connectivity index (χ1v) is 12.3. The molecule has 2 amide bonds. The summed E-state index contributed by atoms with van der Waals surface area (Å²) in [5.41, 5.74) is 1.84. The van der Waals surface area contributed by atoms with Crippen molar-refractivity contribution >= 4 is 46.4 Å². The van der Waals surface area contributed by atoms with E-state index in [0.717, 1.165) is 30.4 Å². The lowest BCUT2D eigenvalue weighted by molar-refractivity contribution is -0.119. The zero-order chi connectivity index (χ0) is 24.6. The molecule has 180 valence electrons. The molecule has 6 nitrogen and oxygen atoms in total. The summed E-state index contributed by atoms with van der Waals surface area (Å²) in [7, 11) is 1.54. The summed E-state index contributed by atoms with van der Waals surface area (Å²) in [5, 5.41) is 10.6. The average Bonchev–Trinajstić information content (AvgIpc) is 3.06. The van der Waals surface area contributed by atoms with Crippen LogP contribution < -0.4 is 20.7 Å². The maximum absolute atomic E-state index is 13.7. The molecule has 3 aromatic carbocycles. The summed E-state index contributed by atoms with van der Waals surface area (Å²) < 4.78 is 5.63. The molecule has 1 saturated carbocycles. The molecule has 0 saturated heterocycles. The van der Waals surface area contributed by atoms with E-state index >= 15 is 0 Å². The van der Waals surface area contributed by atoms with Gasteiger partial charge in [-0.1, -0.05) is 47.5 Å². The van der Waals surface area contributed by atoms with Crippen molar-refractivity contribution in [3.05, 3.63) is 87.4 Å². The van der Waals surface area contributed by atoms with Crippen molar-refractivity contribution in [2.75, 3.05) is 17.7 Å². The monoisotopic (exact) mass is 509 g/mol. The van der Waals surface area contributed by atoms with Gasteiger partial charge in [0.2, 0.25) is 0 Å². The van der Waals surface area contributed by atoms with Crippen molar-refractivity contribution in [2.45, 2.75) is 37.3 Å². The third-order valence-electron chi connectivity index (χ3n) is 6.71. The number of methoxy groups -OCH3 is 1. The summed E-state index contributed by atoms with van der Waals surface area (Å²) in [6.07, 6.45) is 3.33. The van der Waals surface area contributed by atoms with Crippen LogP contribution in [0.1, 0.15) is 40.7 Å². The summed E-state index contributed by atoms with van der Waals surface area (Å²) in [6.45, 7) is 0. The number of halogens is 2. The highest BCUT2D eigenvalue weighted by Crippen LogP contribution is 2.44. The zero-order valence-electron chi connectivity index (χ0n) is 19.2. The van der Waals surface area contributed by atoms with Crippen molar-refractivity contribution in [1.82, 2.24) is 5.32 Å². The van der Waals surface area contributed by atoms with Crippen molar-refractivity contribution < 1.29 is 14.3 Å². The number of ether oxygens (including phenoxy) is 1. The van der Waals surface area contributed by atoms with Gasteiger partial charge in [0.05, 0.1) is 18.4 Å². The number of hydrogen-bond acceptors (Lipinski definition) is 4. The minimum absolute atomic E-state index is 0.166. The summed E-state index contributed by atoms with van der Waals surface area (Å²) in [5.74, 6) is 0.00156. The number of amides is 2. The van der Waals surface area contributed by atoms with E-state index in [1.807, 2.05) is 24.3 Å². The number of anilines is 2. The molecule has 2 aliphatic rings. The van der Waals surface area contributed by atoms with Crippen LogP contribution in [0.3, 0.4) is 0 Å². The molecule has 1 heterocycles. The van der Waals surface area contributed by atoms with Crippen LogP contribution in [-0.4, -0.2) is 25.0 Å². The number of benzene rings is 3. The topological polar surface area (TPSA) is 79.5 Å². The minimum Gasteiger partial charge on any atom is -0.495 e. The maximum atomic E-state index is 13.7. The minimum atomic E-state index is -1.23. The molecule has 0 aromatic heterocycles. The lowest BCUT2D eigenvalue weighted by Crippen LogP contribution is -2.45. The Hall–Kier alpha value is -3.22. The van der Waals surface area contributed by atoms with Gasteiger partial charge in [0, 0.05) is 33.8 Å². The fourth-order valence-electron chi connectivity index (χ4n) is 4.69. The van der Waals surface area contributed by atoms with Crippen LogP contribution in [0.25, 0.3) is 0 Å². The Morgan fingerprint density at radius 2 is 1.86 bits per heavy atom. The molecule has 0 radical (unpaired) electrons. The molecule has 0 spiro atoms. The largest absolute Gasteiger partial charge is 0.495 e. The number of fused-ring (bicyclic) bond motifs is 1. The smallest absolute Gasteiger partial charge is 0.255 e. The fourth-order valence-corrected chi connectivity index (χ4v) is 5.07. The van der Waals surface area contributed by atoms with Crippen LogP contribution in [0.2, 0.25) is 10.0 Å². The molecule has 8 heteroatoms. The Morgan fingerprint density at radius 3 is 2.57 bits per heavy atom. The van der Waals surface area contributed by atoms with Gasteiger partial charge in [-0.05, 0) is 61.2 Å². The predicted molar refractivity (Wildman–Crippen MR) is 139 cm³/mol. The Morgan fingerprint density at radius 1 is 1.09 bits per heavy atom. The summed E-state index contributed by atoms with van der Waals surface area (Å²) in [6, 6.07) is 18.1. The molecule has 1 fully saturated rings. The van der Waals surface area contributed by atoms with E-state index in [2.05, 4.69) is 16.0 Å². The van der Waals surface area contributed by atoms with E-state index in [1.54, 1.807) is 43.5 Å². The highest BCUT2D eigenvalue weighted by molar-refractivity contribution is 6.31. The quantitative estimate of drug-likeness (QED) is 0.376. The standard InChI is InChI=1S/C27H25Cl2N3O3/c1-35-23-10-4-9-20(25(33)30-19-7-3-8-19)24(23)32-27(15-16-5-2-6-17(28)13-16)21-12-11-18(29)14-22(21)31-26(27)34/h2,4-6,9-14,19,32H,3,7-8,15H2,1H3,(H,30,33)(H,31,34). The van der Waals surface area contributed by atoms with Gasteiger partial charge in [0.25, 0.3) is 11.8 Å². The van der Waals surface area contributed by atoms with Crippen LogP contribution in [0.15, 0.2) is 60.7 Å².